The fraction of sp³-hybridized carbons (Fsp3) is 0.176. The molecule has 1 amide bonds. The number of amides is 1. The van der Waals surface area contributed by atoms with Crippen LogP contribution in [0.15, 0.2) is 51.7 Å². The van der Waals surface area contributed by atoms with Gasteiger partial charge in [-0.1, -0.05) is 23.7 Å². The molecular weight excluding hydrogens is 370 g/mol. The predicted octanol–water partition coefficient (Wildman–Crippen LogP) is 3.88. The average Bonchev–Trinajstić information content (AvgIpc) is 2.90. The summed E-state index contributed by atoms with van der Waals surface area (Å²) in [5.41, 5.74) is 1.37. The summed E-state index contributed by atoms with van der Waals surface area (Å²) < 4.78 is 35.1. The van der Waals surface area contributed by atoms with E-state index in [2.05, 4.69) is 10.1 Å². The highest BCUT2D eigenvalue weighted by Gasteiger charge is 2.12. The van der Waals surface area contributed by atoms with Gasteiger partial charge in [-0.05, 0) is 30.3 Å². The molecule has 0 aliphatic rings. The highest BCUT2D eigenvalue weighted by atomic mass is 35.5. The van der Waals surface area contributed by atoms with E-state index >= 15 is 0 Å². The molecule has 0 atom stereocenters. The number of hydrogen-bond acceptors (Lipinski definition) is 4. The molecule has 9 heteroatoms. The van der Waals surface area contributed by atoms with E-state index in [-0.39, 0.29) is 29.6 Å². The van der Waals surface area contributed by atoms with E-state index in [1.807, 2.05) is 0 Å². The lowest BCUT2D eigenvalue weighted by molar-refractivity contribution is -0.116. The van der Waals surface area contributed by atoms with E-state index in [9.17, 15) is 18.4 Å². The fourth-order valence-electron chi connectivity index (χ4n) is 2.43. The average molecular weight is 383 g/mol. The van der Waals surface area contributed by atoms with Crippen LogP contribution in [0.4, 0.5) is 14.5 Å². The van der Waals surface area contributed by atoms with Crippen molar-refractivity contribution >= 4 is 34.3 Å². The Kier molecular flexibility index (Phi) is 5.22. The zero-order valence-electron chi connectivity index (χ0n) is 13.2. The molecule has 1 N–H and O–H groups in total. The minimum Gasteiger partial charge on any atom is -0.433 e. The Bertz CT molecular complexity index is 1000. The molecule has 1 aromatic heterocycles. The minimum atomic E-state index is -2.99. The standard InChI is InChI=1S/C17H13ClF2N2O4/c18-11-9-10(5-6-13(11)25-16(19)20)21-15(23)7-8-22-12-3-1-2-4-14(12)26-17(22)24/h1-6,9,16H,7-8H2,(H,21,23). The van der Waals surface area contributed by atoms with Gasteiger partial charge in [0.05, 0.1) is 10.5 Å². The summed E-state index contributed by atoms with van der Waals surface area (Å²) in [7, 11) is 0. The summed E-state index contributed by atoms with van der Waals surface area (Å²) in [6.45, 7) is -2.86. The maximum atomic E-state index is 12.2. The van der Waals surface area contributed by atoms with Gasteiger partial charge in [0.2, 0.25) is 5.91 Å². The highest BCUT2D eigenvalue weighted by Crippen LogP contribution is 2.29. The largest absolute Gasteiger partial charge is 0.433 e. The number of carbonyl (C=O) groups is 1. The third kappa shape index (κ3) is 4.02. The number of aryl methyl sites for hydroxylation is 1. The lowest BCUT2D eigenvalue weighted by Gasteiger charge is -2.09. The Balaban J connectivity index is 1.65. The lowest BCUT2D eigenvalue weighted by Crippen LogP contribution is -2.19. The van der Waals surface area contributed by atoms with Crippen LogP contribution in [0.25, 0.3) is 11.1 Å². The van der Waals surface area contributed by atoms with Gasteiger partial charge >= 0.3 is 12.4 Å². The zero-order valence-corrected chi connectivity index (χ0v) is 14.0. The van der Waals surface area contributed by atoms with E-state index < -0.39 is 12.4 Å². The molecule has 0 spiro atoms. The van der Waals surface area contributed by atoms with Crippen LogP contribution in [0.2, 0.25) is 5.02 Å². The molecule has 3 aromatic rings. The molecule has 6 nitrogen and oxygen atoms in total. The van der Waals surface area contributed by atoms with Gasteiger partial charge in [-0.15, -0.1) is 0 Å². The number of halogens is 3. The van der Waals surface area contributed by atoms with Crippen molar-refractivity contribution in [1.82, 2.24) is 4.57 Å². The quantitative estimate of drug-likeness (QED) is 0.702. The van der Waals surface area contributed by atoms with Gasteiger partial charge in [0.15, 0.2) is 5.58 Å². The maximum Gasteiger partial charge on any atom is 0.419 e. The van der Waals surface area contributed by atoms with Crippen LogP contribution in [-0.2, 0) is 11.3 Å². The summed E-state index contributed by atoms with van der Waals surface area (Å²) >= 11 is 5.83. The molecule has 0 saturated heterocycles. The van der Waals surface area contributed by atoms with Crippen molar-refractivity contribution in [3.63, 3.8) is 0 Å². The molecule has 0 saturated carbocycles. The van der Waals surface area contributed by atoms with Gasteiger partial charge in [0, 0.05) is 18.7 Å². The molecule has 0 bridgehead atoms. The summed E-state index contributed by atoms with van der Waals surface area (Å²) in [4.78, 5) is 23.9. The second-order valence-electron chi connectivity index (χ2n) is 5.31. The number of benzene rings is 2. The van der Waals surface area contributed by atoms with Crippen LogP contribution < -0.4 is 15.8 Å². The Morgan fingerprint density at radius 2 is 2.04 bits per heavy atom. The normalized spacial score (nSPS) is 11.1. The van der Waals surface area contributed by atoms with Gasteiger partial charge in [-0.3, -0.25) is 9.36 Å². The van der Waals surface area contributed by atoms with E-state index in [4.69, 9.17) is 16.0 Å². The molecule has 1 heterocycles. The Morgan fingerprint density at radius 1 is 1.27 bits per heavy atom. The predicted molar refractivity (Wildman–Crippen MR) is 91.8 cm³/mol. The Morgan fingerprint density at radius 3 is 2.77 bits per heavy atom. The molecule has 0 fully saturated rings. The van der Waals surface area contributed by atoms with Crippen LogP contribution in [0.5, 0.6) is 5.75 Å². The molecule has 2 aromatic carbocycles. The van der Waals surface area contributed by atoms with E-state index in [0.717, 1.165) is 0 Å². The van der Waals surface area contributed by atoms with Crippen molar-refractivity contribution in [2.45, 2.75) is 19.6 Å². The lowest BCUT2D eigenvalue weighted by atomic mass is 10.2. The molecule has 0 aliphatic carbocycles. The SMILES string of the molecule is O=C(CCn1c(=O)oc2ccccc21)Nc1ccc(OC(F)F)c(Cl)c1. The van der Waals surface area contributed by atoms with Crippen molar-refractivity contribution in [1.29, 1.82) is 0 Å². The van der Waals surface area contributed by atoms with E-state index in [1.54, 1.807) is 24.3 Å². The number of carbonyl (C=O) groups excluding carboxylic acids is 1. The van der Waals surface area contributed by atoms with Gasteiger partial charge in [0.25, 0.3) is 0 Å². The molecule has 0 aliphatic heterocycles. The molecular formula is C17H13ClF2N2O4. The van der Waals surface area contributed by atoms with Crippen LogP contribution in [0.1, 0.15) is 6.42 Å². The number of anilines is 1. The Labute approximate surface area is 150 Å². The van der Waals surface area contributed by atoms with Crippen molar-refractivity contribution in [3.8, 4) is 5.75 Å². The fourth-order valence-corrected chi connectivity index (χ4v) is 2.66. The third-order valence-corrected chi connectivity index (χ3v) is 3.86. The molecule has 136 valence electrons. The maximum absolute atomic E-state index is 12.2. The van der Waals surface area contributed by atoms with Crippen molar-refractivity contribution in [2.24, 2.45) is 0 Å². The number of aromatic nitrogens is 1. The first-order valence-electron chi connectivity index (χ1n) is 7.56. The van der Waals surface area contributed by atoms with Crippen LogP contribution in [0.3, 0.4) is 0 Å². The number of para-hydroxylation sites is 2. The van der Waals surface area contributed by atoms with E-state index in [1.165, 1.54) is 22.8 Å². The third-order valence-electron chi connectivity index (χ3n) is 3.57. The molecule has 0 unspecified atom stereocenters. The van der Waals surface area contributed by atoms with Gasteiger partial charge in [-0.25, -0.2) is 4.79 Å². The summed E-state index contributed by atoms with van der Waals surface area (Å²) in [6, 6.07) is 10.8. The van der Waals surface area contributed by atoms with Crippen LogP contribution in [0, 0.1) is 0 Å². The van der Waals surface area contributed by atoms with Crippen LogP contribution in [-0.4, -0.2) is 17.1 Å². The number of oxazole rings is 1. The second kappa shape index (κ2) is 7.57. The highest BCUT2D eigenvalue weighted by molar-refractivity contribution is 6.32. The first kappa shape index (κ1) is 17.9. The van der Waals surface area contributed by atoms with Gasteiger partial charge in [0.1, 0.15) is 5.75 Å². The number of ether oxygens (including phenoxy) is 1. The van der Waals surface area contributed by atoms with Gasteiger partial charge < -0.3 is 14.5 Å². The van der Waals surface area contributed by atoms with Crippen molar-refractivity contribution in [2.75, 3.05) is 5.32 Å². The van der Waals surface area contributed by atoms with Crippen molar-refractivity contribution in [3.05, 3.63) is 58.0 Å². The first-order chi connectivity index (χ1) is 12.4. The number of hydrogen-bond donors (Lipinski definition) is 1. The Hall–Kier alpha value is -2.87. The molecule has 0 radical (unpaired) electrons. The smallest absolute Gasteiger partial charge is 0.419 e. The second-order valence-corrected chi connectivity index (χ2v) is 5.72. The van der Waals surface area contributed by atoms with Crippen LogP contribution >= 0.6 is 11.6 Å². The number of fused-ring (bicyclic) bond motifs is 1. The molecule has 26 heavy (non-hydrogen) atoms. The monoisotopic (exact) mass is 382 g/mol. The van der Waals surface area contributed by atoms with Gasteiger partial charge in [-0.2, -0.15) is 8.78 Å². The number of nitrogens with zero attached hydrogens (tertiary/aromatic N) is 1. The summed E-state index contributed by atoms with van der Waals surface area (Å²) in [5.74, 6) is -1.10. The minimum absolute atomic E-state index is 0.0103. The summed E-state index contributed by atoms with van der Waals surface area (Å²) in [6.07, 6.45) is 0.0103. The zero-order chi connectivity index (χ0) is 18.7. The van der Waals surface area contributed by atoms with Crippen molar-refractivity contribution < 1.29 is 22.7 Å². The number of rotatable bonds is 6. The van der Waals surface area contributed by atoms with E-state index in [0.29, 0.717) is 16.8 Å². The summed E-state index contributed by atoms with van der Waals surface area (Å²) in [5, 5.41) is 2.53. The number of nitrogens with one attached hydrogen (secondary N) is 1. The first-order valence-corrected chi connectivity index (χ1v) is 7.94. The topological polar surface area (TPSA) is 73.5 Å². The molecule has 3 rings (SSSR count). The number of alkyl halides is 2.